The van der Waals surface area contributed by atoms with Crippen LogP contribution in [0, 0.1) is 23.4 Å². The molecule has 0 aromatic heterocycles. The predicted octanol–water partition coefficient (Wildman–Crippen LogP) is 3.45. The van der Waals surface area contributed by atoms with E-state index in [1.807, 2.05) is 0 Å². The molecule has 1 amide bonds. The fourth-order valence-electron chi connectivity index (χ4n) is 2.56. The number of likely N-dealkylation sites (tertiary alicyclic amines) is 1. The van der Waals surface area contributed by atoms with Crippen LogP contribution in [-0.4, -0.2) is 34.3 Å². The van der Waals surface area contributed by atoms with Gasteiger partial charge in [0.15, 0.2) is 17.4 Å². The molecule has 0 aliphatic carbocycles. The molecule has 1 N–H and O–H groups in total. The second-order valence-electron chi connectivity index (χ2n) is 5.12. The van der Waals surface area contributed by atoms with Crippen molar-refractivity contribution in [3.63, 3.8) is 0 Å². The van der Waals surface area contributed by atoms with Crippen LogP contribution in [0.25, 0.3) is 0 Å². The molecule has 1 unspecified atom stereocenters. The minimum Gasteiger partial charge on any atom is -0.503 e. The molecule has 1 aliphatic heterocycles. The highest BCUT2D eigenvalue weighted by molar-refractivity contribution is 9.09. The number of hydrogen-bond donors (Lipinski definition) is 1. The summed E-state index contributed by atoms with van der Waals surface area (Å²) >= 11 is 3.34. The highest BCUT2D eigenvalue weighted by Gasteiger charge is 2.29. The molecule has 1 aliphatic rings. The number of hydrogen-bond acceptors (Lipinski definition) is 2. The third-order valence-electron chi connectivity index (χ3n) is 3.69. The molecule has 0 radical (unpaired) electrons. The number of benzene rings is 1. The first-order chi connectivity index (χ1) is 9.95. The van der Waals surface area contributed by atoms with Gasteiger partial charge >= 0.3 is 0 Å². The van der Waals surface area contributed by atoms with Crippen LogP contribution in [0.3, 0.4) is 0 Å². The zero-order chi connectivity index (χ0) is 15.6. The number of aromatic hydroxyl groups is 1. The Bertz CT molecular complexity index is 552. The smallest absolute Gasteiger partial charge is 0.257 e. The number of nitrogens with zero attached hydrogens (tertiary/aromatic N) is 1. The maximum atomic E-state index is 13.8. The van der Waals surface area contributed by atoms with Crippen LogP contribution >= 0.6 is 15.9 Å². The number of carbonyl (C=O) groups is 1. The summed E-state index contributed by atoms with van der Waals surface area (Å²) in [4.78, 5) is 13.7. The maximum absolute atomic E-state index is 13.8. The van der Waals surface area contributed by atoms with E-state index in [-0.39, 0.29) is 0 Å². The van der Waals surface area contributed by atoms with E-state index in [9.17, 15) is 23.1 Å². The van der Waals surface area contributed by atoms with Crippen LogP contribution in [0.5, 0.6) is 5.75 Å². The largest absolute Gasteiger partial charge is 0.503 e. The Morgan fingerprint density at radius 3 is 2.76 bits per heavy atom. The molecule has 1 fully saturated rings. The quantitative estimate of drug-likeness (QED) is 0.658. The zero-order valence-corrected chi connectivity index (χ0v) is 12.8. The van der Waals surface area contributed by atoms with Gasteiger partial charge in [0.1, 0.15) is 0 Å². The minimum absolute atomic E-state index is 0.295. The third kappa shape index (κ3) is 3.33. The van der Waals surface area contributed by atoms with Gasteiger partial charge in [0.05, 0.1) is 5.56 Å². The summed E-state index contributed by atoms with van der Waals surface area (Å²) in [6.07, 6.45) is 2.64. The topological polar surface area (TPSA) is 40.5 Å². The van der Waals surface area contributed by atoms with E-state index in [4.69, 9.17) is 0 Å². The first kappa shape index (κ1) is 16.1. The Morgan fingerprint density at radius 1 is 1.38 bits per heavy atom. The second-order valence-corrected chi connectivity index (χ2v) is 5.91. The monoisotopic (exact) mass is 365 g/mol. The first-order valence-corrected chi connectivity index (χ1v) is 7.79. The summed E-state index contributed by atoms with van der Waals surface area (Å²) in [5.74, 6) is -6.41. The lowest BCUT2D eigenvalue weighted by atomic mass is 9.95. The number of alkyl halides is 1. The lowest BCUT2D eigenvalue weighted by Gasteiger charge is -2.32. The van der Waals surface area contributed by atoms with Gasteiger partial charge in [-0.3, -0.25) is 4.79 Å². The number of amides is 1. The Hall–Kier alpha value is -1.24. The number of rotatable bonds is 3. The lowest BCUT2D eigenvalue weighted by molar-refractivity contribution is 0.0665. The van der Waals surface area contributed by atoms with Gasteiger partial charge in [-0.05, 0) is 31.2 Å². The van der Waals surface area contributed by atoms with Crippen LogP contribution < -0.4 is 0 Å². The van der Waals surface area contributed by atoms with E-state index in [2.05, 4.69) is 15.9 Å². The molecular formula is C14H15BrF3NO2. The van der Waals surface area contributed by atoms with Crippen LogP contribution in [0.15, 0.2) is 6.07 Å². The second kappa shape index (κ2) is 6.68. The Balaban J connectivity index is 2.24. The van der Waals surface area contributed by atoms with Gasteiger partial charge in [-0.25, -0.2) is 8.78 Å². The minimum atomic E-state index is -1.68. The average Bonchev–Trinajstić information content (AvgIpc) is 2.49. The van der Waals surface area contributed by atoms with E-state index >= 15 is 0 Å². The summed E-state index contributed by atoms with van der Waals surface area (Å²) in [5.41, 5.74) is -0.633. The van der Waals surface area contributed by atoms with Crippen molar-refractivity contribution in [1.29, 1.82) is 0 Å². The summed E-state index contributed by atoms with van der Waals surface area (Å²) in [7, 11) is 0. The van der Waals surface area contributed by atoms with Gasteiger partial charge < -0.3 is 10.0 Å². The maximum Gasteiger partial charge on any atom is 0.257 e. The van der Waals surface area contributed by atoms with Crippen LogP contribution in [0.4, 0.5) is 13.2 Å². The third-order valence-corrected chi connectivity index (χ3v) is 4.14. The number of phenolic OH excluding ortho intramolecular Hbond substituents is 1. The fraction of sp³-hybridized carbons (Fsp3) is 0.500. The van der Waals surface area contributed by atoms with Crippen molar-refractivity contribution in [1.82, 2.24) is 4.90 Å². The molecule has 1 saturated heterocycles. The van der Waals surface area contributed by atoms with E-state index in [1.54, 1.807) is 0 Å². The van der Waals surface area contributed by atoms with E-state index in [1.165, 1.54) is 4.90 Å². The normalized spacial score (nSPS) is 18.9. The molecule has 1 heterocycles. The molecule has 3 nitrogen and oxygen atoms in total. The molecule has 2 rings (SSSR count). The van der Waals surface area contributed by atoms with Crippen molar-refractivity contribution in [3.8, 4) is 5.75 Å². The molecular weight excluding hydrogens is 351 g/mol. The standard InChI is InChI=1S/C14H15BrF3NO2/c15-4-3-8-2-1-5-19(7-8)14(21)9-6-10(16)12(18)13(20)11(9)17/h6,8,20H,1-5,7H2. The van der Waals surface area contributed by atoms with Gasteiger partial charge in [0, 0.05) is 18.4 Å². The molecule has 0 saturated carbocycles. The van der Waals surface area contributed by atoms with Crippen LogP contribution in [-0.2, 0) is 0 Å². The Labute approximate surface area is 128 Å². The average molecular weight is 366 g/mol. The van der Waals surface area contributed by atoms with Crippen molar-refractivity contribution in [2.75, 3.05) is 18.4 Å². The van der Waals surface area contributed by atoms with Gasteiger partial charge in [-0.15, -0.1) is 0 Å². The molecule has 0 spiro atoms. The highest BCUT2D eigenvalue weighted by atomic mass is 79.9. The van der Waals surface area contributed by atoms with Gasteiger partial charge in [0.25, 0.3) is 5.91 Å². The Morgan fingerprint density at radius 2 is 2.10 bits per heavy atom. The zero-order valence-electron chi connectivity index (χ0n) is 11.2. The van der Waals surface area contributed by atoms with Crippen molar-refractivity contribution >= 4 is 21.8 Å². The van der Waals surface area contributed by atoms with Gasteiger partial charge in [-0.2, -0.15) is 4.39 Å². The number of halogens is 4. The molecule has 116 valence electrons. The van der Waals surface area contributed by atoms with Crippen LogP contribution in [0.2, 0.25) is 0 Å². The molecule has 0 bridgehead atoms. The first-order valence-electron chi connectivity index (χ1n) is 6.67. The van der Waals surface area contributed by atoms with E-state index < -0.39 is 34.7 Å². The highest BCUT2D eigenvalue weighted by Crippen LogP contribution is 2.28. The lowest BCUT2D eigenvalue weighted by Crippen LogP contribution is -2.40. The summed E-state index contributed by atoms with van der Waals surface area (Å²) in [5, 5.41) is 9.99. The summed E-state index contributed by atoms with van der Waals surface area (Å²) in [6, 6.07) is 0.501. The number of phenols is 1. The molecule has 1 aromatic carbocycles. The van der Waals surface area contributed by atoms with Crippen molar-refractivity contribution in [3.05, 3.63) is 29.1 Å². The van der Waals surface area contributed by atoms with Crippen molar-refractivity contribution in [2.24, 2.45) is 5.92 Å². The fourth-order valence-corrected chi connectivity index (χ4v) is 3.20. The van der Waals surface area contributed by atoms with Crippen LogP contribution in [0.1, 0.15) is 29.6 Å². The SMILES string of the molecule is O=C(c1cc(F)c(F)c(O)c1F)N1CCCC(CCBr)C1. The molecule has 7 heteroatoms. The molecule has 21 heavy (non-hydrogen) atoms. The van der Waals surface area contributed by atoms with Crippen molar-refractivity contribution < 1.29 is 23.1 Å². The molecule has 1 aromatic rings. The Kier molecular flexibility index (Phi) is 5.13. The predicted molar refractivity (Wildman–Crippen MR) is 75.0 cm³/mol. The van der Waals surface area contributed by atoms with E-state index in [0.717, 1.165) is 24.6 Å². The summed E-state index contributed by atoms with van der Waals surface area (Å²) < 4.78 is 40.1. The molecule has 1 atom stereocenters. The van der Waals surface area contributed by atoms with E-state index in [0.29, 0.717) is 25.1 Å². The van der Waals surface area contributed by atoms with Gasteiger partial charge in [-0.1, -0.05) is 15.9 Å². The number of piperidine rings is 1. The van der Waals surface area contributed by atoms with Gasteiger partial charge in [0.2, 0.25) is 5.82 Å². The summed E-state index contributed by atoms with van der Waals surface area (Å²) in [6.45, 7) is 0.889. The van der Waals surface area contributed by atoms with Crippen molar-refractivity contribution in [2.45, 2.75) is 19.3 Å². The number of carbonyl (C=O) groups excluding carboxylic acids is 1.